The van der Waals surface area contributed by atoms with E-state index in [1.54, 1.807) is 0 Å². The van der Waals surface area contributed by atoms with Gasteiger partial charge in [0.15, 0.2) is 0 Å². The van der Waals surface area contributed by atoms with Crippen molar-refractivity contribution >= 4 is 22.1 Å². The van der Waals surface area contributed by atoms with Crippen molar-refractivity contribution in [1.82, 2.24) is 0 Å². The van der Waals surface area contributed by atoms with Crippen LogP contribution in [0.2, 0.25) is 0 Å². The van der Waals surface area contributed by atoms with Gasteiger partial charge in [-0.15, -0.1) is 0 Å². The quantitative estimate of drug-likeness (QED) is 0.0248. The summed E-state index contributed by atoms with van der Waals surface area (Å²) >= 11 is 0. The predicted molar refractivity (Wildman–Crippen MR) is 195 cm³/mol. The minimum Gasteiger partial charge on any atom is -0.744 e. The van der Waals surface area contributed by atoms with Crippen LogP contribution in [0.1, 0.15) is 189 Å². The average Bonchev–Trinajstić information content (AvgIpc) is 3.07. The van der Waals surface area contributed by atoms with Crippen molar-refractivity contribution < 1.29 is 83.4 Å². The van der Waals surface area contributed by atoms with Crippen LogP contribution >= 0.6 is 0 Å². The van der Waals surface area contributed by atoms with Crippen molar-refractivity contribution in [2.24, 2.45) is 0 Å². The second-order valence-corrected chi connectivity index (χ2v) is 14.2. The van der Waals surface area contributed by atoms with Gasteiger partial charge in [0.1, 0.15) is 10.1 Å². The Kier molecular flexibility index (Phi) is 32.5. The number of carbonyl (C=O) groups excluding carboxylic acids is 2. The average molecular weight is 729 g/mol. The largest absolute Gasteiger partial charge is 1.00 e. The molecule has 1 aromatic carbocycles. The zero-order valence-corrected chi connectivity index (χ0v) is 35.1. The molecule has 0 atom stereocenters. The number of rotatable bonds is 31. The third-order valence-electron chi connectivity index (χ3n) is 8.50. The smallest absolute Gasteiger partial charge is 0.744 e. The van der Waals surface area contributed by atoms with E-state index in [0.717, 1.165) is 31.7 Å². The van der Waals surface area contributed by atoms with Gasteiger partial charge in [-0.05, 0) is 63.5 Å². The molecule has 0 amide bonds. The van der Waals surface area contributed by atoms with Gasteiger partial charge in [-0.3, -0.25) is 0 Å². The summed E-state index contributed by atoms with van der Waals surface area (Å²) in [6.45, 7) is 4.62. The molecule has 0 aliphatic rings. The zero-order valence-electron chi connectivity index (χ0n) is 31.2. The first-order chi connectivity index (χ1) is 23.3. The van der Waals surface area contributed by atoms with Gasteiger partial charge in [0.25, 0.3) is 0 Å². The minimum absolute atomic E-state index is 0. The molecule has 0 spiro atoms. The Morgan fingerprint density at radius 1 is 0.571 bits per heavy atom. The van der Waals surface area contributed by atoms with Gasteiger partial charge >= 0.3 is 63.3 Å². The molecule has 0 fully saturated rings. The second kappa shape index (κ2) is 33.1. The van der Waals surface area contributed by atoms with Crippen molar-refractivity contribution in [2.45, 2.75) is 173 Å². The van der Waals surface area contributed by atoms with Crippen LogP contribution < -0.4 is 51.4 Å². The van der Waals surface area contributed by atoms with E-state index in [0.29, 0.717) is 19.3 Å². The van der Waals surface area contributed by atoms with E-state index in [1.165, 1.54) is 121 Å². The Morgan fingerprint density at radius 2 is 0.939 bits per heavy atom. The topological polar surface area (TPSA) is 110 Å². The van der Waals surface area contributed by atoms with Gasteiger partial charge in [0, 0.05) is 0 Å². The van der Waals surface area contributed by atoms with Crippen molar-refractivity contribution in [3.63, 3.8) is 0 Å². The van der Waals surface area contributed by atoms with Crippen LogP contribution in [0, 0.1) is 0 Å². The molecule has 0 saturated heterocycles. The van der Waals surface area contributed by atoms with Gasteiger partial charge in [0.05, 0.1) is 29.2 Å². The number of unbranched alkanes of at least 4 members (excludes halogenated alkanes) is 20. The summed E-state index contributed by atoms with van der Waals surface area (Å²) in [6.07, 6.45) is 36.4. The summed E-state index contributed by atoms with van der Waals surface area (Å²) in [5.41, 5.74) is -0.835. The normalized spacial score (nSPS) is 11.7. The van der Waals surface area contributed by atoms with E-state index >= 15 is 0 Å². The number of carbonyl (C=O) groups is 2. The summed E-state index contributed by atoms with van der Waals surface area (Å²) in [6, 6.07) is 3.56. The van der Waals surface area contributed by atoms with Crippen LogP contribution in [0.5, 0.6) is 0 Å². The molecule has 274 valence electrons. The van der Waals surface area contributed by atoms with Gasteiger partial charge in [-0.25, -0.2) is 18.0 Å². The number of hydrogen-bond donors (Lipinski definition) is 0. The molecule has 0 aromatic heterocycles. The van der Waals surface area contributed by atoms with Crippen molar-refractivity contribution in [3.05, 3.63) is 53.6 Å². The summed E-state index contributed by atoms with van der Waals surface area (Å²) < 4.78 is 46.4. The molecule has 0 aliphatic carbocycles. The molecule has 1 aromatic rings. The van der Waals surface area contributed by atoms with Crippen molar-refractivity contribution in [2.75, 3.05) is 13.2 Å². The Hall–Kier alpha value is -0.814. The fourth-order valence-electron chi connectivity index (χ4n) is 5.62. The van der Waals surface area contributed by atoms with Crippen LogP contribution in [-0.4, -0.2) is 38.1 Å². The van der Waals surface area contributed by atoms with Crippen molar-refractivity contribution in [3.8, 4) is 0 Å². The third-order valence-corrected chi connectivity index (χ3v) is 9.38. The first-order valence-corrected chi connectivity index (χ1v) is 20.5. The van der Waals surface area contributed by atoms with E-state index in [1.807, 2.05) is 0 Å². The monoisotopic (exact) mass is 728 g/mol. The van der Waals surface area contributed by atoms with Crippen LogP contribution in [0.25, 0.3) is 0 Å². The number of ether oxygens (including phenoxy) is 2. The molecular formula is C40H65KO7S. The number of esters is 2. The third kappa shape index (κ3) is 25.7. The molecular weight excluding hydrogens is 664 g/mol. The minimum atomic E-state index is -5.02. The molecule has 0 N–H and O–H groups in total. The SMILES string of the molecule is CCCCCCCCCCC/C=C/CCCOC(=O)c1cccc(S(=O)(=O)[O-])c1C(=O)OCCC/C=C/CCCCCCCCCCC.[K+]. The van der Waals surface area contributed by atoms with Crippen molar-refractivity contribution in [1.29, 1.82) is 0 Å². The first kappa shape index (κ1) is 48.2. The fraction of sp³-hybridized carbons (Fsp3) is 0.700. The summed E-state index contributed by atoms with van der Waals surface area (Å²) in [4.78, 5) is 25.0. The standard InChI is InChI=1S/C40H66O7S.K/c1-3-5-7-9-11-13-15-17-19-21-23-25-27-29-34-46-39(41)36-32-31-33-37(48(43,44)45)38(36)40(42)47-35-30-28-26-24-22-20-18-16-14-12-10-8-6-4-2;/h23-26,31-33H,3-22,27-30,34-35H2,1-2H3,(H,43,44,45);/q;+1/p-1/b25-23+,26-24+;. The van der Waals surface area contributed by atoms with E-state index in [-0.39, 0.29) is 70.2 Å². The Bertz CT molecular complexity index is 1150. The van der Waals surface area contributed by atoms with Crippen LogP contribution in [0.4, 0.5) is 0 Å². The summed E-state index contributed by atoms with van der Waals surface area (Å²) in [7, 11) is -5.02. The summed E-state index contributed by atoms with van der Waals surface area (Å²) in [5.74, 6) is -1.87. The van der Waals surface area contributed by atoms with E-state index in [9.17, 15) is 22.6 Å². The Morgan fingerprint density at radius 3 is 1.35 bits per heavy atom. The maximum Gasteiger partial charge on any atom is 1.00 e. The van der Waals surface area contributed by atoms with E-state index < -0.39 is 32.5 Å². The van der Waals surface area contributed by atoms with Gasteiger partial charge in [-0.1, -0.05) is 147 Å². The first-order valence-electron chi connectivity index (χ1n) is 19.1. The Labute approximate surface area is 342 Å². The zero-order chi connectivity index (χ0) is 35.1. The van der Waals surface area contributed by atoms with Gasteiger partial charge in [0.2, 0.25) is 0 Å². The van der Waals surface area contributed by atoms with Crippen LogP contribution in [0.3, 0.4) is 0 Å². The van der Waals surface area contributed by atoms with E-state index in [2.05, 4.69) is 38.2 Å². The maximum atomic E-state index is 12.9. The molecule has 1 rings (SSSR count). The predicted octanol–water partition coefficient (Wildman–Crippen LogP) is 8.42. The molecule has 0 unspecified atom stereocenters. The molecule has 7 nitrogen and oxygen atoms in total. The number of benzene rings is 1. The number of allylic oxidation sites excluding steroid dienone is 4. The van der Waals surface area contributed by atoms with Crippen LogP contribution in [0.15, 0.2) is 47.4 Å². The second-order valence-electron chi connectivity index (χ2n) is 12.9. The molecule has 0 saturated carbocycles. The number of hydrogen-bond acceptors (Lipinski definition) is 7. The van der Waals surface area contributed by atoms with Gasteiger partial charge in [-0.2, -0.15) is 0 Å². The molecule has 9 heteroatoms. The molecule has 49 heavy (non-hydrogen) atoms. The van der Waals surface area contributed by atoms with E-state index in [4.69, 9.17) is 9.47 Å². The van der Waals surface area contributed by atoms with Gasteiger partial charge < -0.3 is 14.0 Å². The Balaban J connectivity index is 0.0000230. The molecule has 0 aliphatic heterocycles. The molecule has 0 heterocycles. The maximum absolute atomic E-state index is 12.9. The van der Waals surface area contributed by atoms with Crippen LogP contribution in [-0.2, 0) is 19.6 Å². The summed E-state index contributed by atoms with van der Waals surface area (Å²) in [5, 5.41) is 0. The molecule has 0 bridgehead atoms. The fourth-order valence-corrected chi connectivity index (χ4v) is 6.31. The molecule has 0 radical (unpaired) electrons.